The maximum Gasteiger partial charge on any atom is 0.328 e. The molecule has 3 aromatic rings. The van der Waals surface area contributed by atoms with Gasteiger partial charge in [0.1, 0.15) is 11.5 Å². The fourth-order valence-electron chi connectivity index (χ4n) is 3.41. The first kappa shape index (κ1) is 19.7. The molecule has 8 heteroatoms. The lowest BCUT2D eigenvalue weighted by atomic mass is 10.2. The van der Waals surface area contributed by atoms with Crippen LogP contribution in [-0.2, 0) is 11.3 Å². The summed E-state index contributed by atoms with van der Waals surface area (Å²) in [5, 5.41) is 1.04. The number of fused-ring (bicyclic) bond motifs is 1. The summed E-state index contributed by atoms with van der Waals surface area (Å²) in [6.45, 7) is 4.42. The number of hydrogen-bond acceptors (Lipinski definition) is 5. The van der Waals surface area contributed by atoms with Gasteiger partial charge in [-0.3, -0.25) is 14.3 Å². The van der Waals surface area contributed by atoms with Gasteiger partial charge in [-0.05, 0) is 48.9 Å². The van der Waals surface area contributed by atoms with E-state index in [9.17, 15) is 9.59 Å². The number of benzene rings is 2. The summed E-state index contributed by atoms with van der Waals surface area (Å²) < 4.78 is 12.4. The molecule has 1 fully saturated rings. The first-order valence-corrected chi connectivity index (χ1v) is 9.98. The van der Waals surface area contributed by atoms with Crippen molar-refractivity contribution in [1.82, 2.24) is 14.5 Å². The standard InChI is InChI=1S/C21H22ClN3O4/c22-15-2-4-16(5-3-15)29-17-6-7-19-18(14-17)20(26)25(21(27)23-19)9-1-8-24-10-12-28-13-11-24/h2-7,14H,1,8-13H2,(H,23,27). The van der Waals surface area contributed by atoms with Crippen LogP contribution in [0.4, 0.5) is 0 Å². The second-order valence-electron chi connectivity index (χ2n) is 6.96. The van der Waals surface area contributed by atoms with Crippen molar-refractivity contribution >= 4 is 22.5 Å². The third-order valence-corrected chi connectivity index (χ3v) is 5.21. The van der Waals surface area contributed by atoms with Crippen LogP contribution in [0.5, 0.6) is 11.5 Å². The molecule has 0 amide bonds. The van der Waals surface area contributed by atoms with Gasteiger partial charge in [0, 0.05) is 31.2 Å². The molecule has 4 rings (SSSR count). The number of aromatic nitrogens is 2. The van der Waals surface area contributed by atoms with Gasteiger partial charge in [-0.25, -0.2) is 4.79 Å². The van der Waals surface area contributed by atoms with Gasteiger partial charge in [-0.2, -0.15) is 0 Å². The molecule has 0 radical (unpaired) electrons. The summed E-state index contributed by atoms with van der Waals surface area (Å²) in [6.07, 6.45) is 0.718. The number of hydrogen-bond donors (Lipinski definition) is 1. The van der Waals surface area contributed by atoms with Crippen molar-refractivity contribution in [3.05, 3.63) is 68.3 Å². The number of rotatable bonds is 6. The summed E-state index contributed by atoms with van der Waals surface area (Å²) in [6, 6.07) is 12.0. The van der Waals surface area contributed by atoms with Crippen LogP contribution >= 0.6 is 11.6 Å². The van der Waals surface area contributed by atoms with Crippen molar-refractivity contribution < 1.29 is 9.47 Å². The van der Waals surface area contributed by atoms with Crippen molar-refractivity contribution in [2.24, 2.45) is 0 Å². The van der Waals surface area contributed by atoms with Gasteiger partial charge in [0.25, 0.3) is 5.56 Å². The molecule has 2 heterocycles. The minimum absolute atomic E-state index is 0.313. The van der Waals surface area contributed by atoms with Gasteiger partial charge in [0.05, 0.1) is 24.1 Å². The summed E-state index contributed by atoms with van der Waals surface area (Å²) in [5.74, 6) is 1.13. The van der Waals surface area contributed by atoms with E-state index in [1.807, 2.05) is 0 Å². The highest BCUT2D eigenvalue weighted by Crippen LogP contribution is 2.24. The third kappa shape index (κ3) is 4.70. The molecule has 1 aliphatic heterocycles. The van der Waals surface area contributed by atoms with Crippen LogP contribution in [0.1, 0.15) is 6.42 Å². The van der Waals surface area contributed by atoms with E-state index in [1.165, 1.54) is 4.57 Å². The van der Waals surface area contributed by atoms with Crippen LogP contribution < -0.4 is 16.0 Å². The number of aromatic amines is 1. The second-order valence-corrected chi connectivity index (χ2v) is 7.39. The Morgan fingerprint density at radius 3 is 2.48 bits per heavy atom. The SMILES string of the molecule is O=c1[nH]c2ccc(Oc3ccc(Cl)cc3)cc2c(=O)n1CCCN1CCOCC1. The van der Waals surface area contributed by atoms with E-state index in [0.717, 1.165) is 39.3 Å². The predicted octanol–water partition coefficient (Wildman–Crippen LogP) is 2.86. The van der Waals surface area contributed by atoms with Gasteiger partial charge in [0.15, 0.2) is 0 Å². The maximum absolute atomic E-state index is 12.9. The molecule has 29 heavy (non-hydrogen) atoms. The van der Waals surface area contributed by atoms with Crippen molar-refractivity contribution in [2.75, 3.05) is 32.8 Å². The number of nitrogens with one attached hydrogen (secondary N) is 1. The maximum atomic E-state index is 12.9. The van der Waals surface area contributed by atoms with Gasteiger partial charge < -0.3 is 14.5 Å². The largest absolute Gasteiger partial charge is 0.457 e. The zero-order valence-corrected chi connectivity index (χ0v) is 16.7. The van der Waals surface area contributed by atoms with E-state index >= 15 is 0 Å². The lowest BCUT2D eigenvalue weighted by molar-refractivity contribution is 0.0368. The average molecular weight is 416 g/mol. The Morgan fingerprint density at radius 1 is 1.00 bits per heavy atom. The number of morpholine rings is 1. The fourth-order valence-corrected chi connectivity index (χ4v) is 3.54. The number of ether oxygens (including phenoxy) is 2. The highest BCUT2D eigenvalue weighted by molar-refractivity contribution is 6.30. The van der Waals surface area contributed by atoms with Gasteiger partial charge in [0.2, 0.25) is 0 Å². The third-order valence-electron chi connectivity index (χ3n) is 4.96. The highest BCUT2D eigenvalue weighted by Gasteiger charge is 2.12. The smallest absolute Gasteiger partial charge is 0.328 e. The first-order valence-electron chi connectivity index (χ1n) is 9.60. The van der Waals surface area contributed by atoms with Gasteiger partial charge >= 0.3 is 5.69 Å². The Kier molecular flexibility index (Phi) is 5.99. The lowest BCUT2D eigenvalue weighted by Crippen LogP contribution is -2.39. The van der Waals surface area contributed by atoms with Crippen molar-refractivity contribution in [3.8, 4) is 11.5 Å². The van der Waals surface area contributed by atoms with Crippen molar-refractivity contribution in [2.45, 2.75) is 13.0 Å². The van der Waals surface area contributed by atoms with Gasteiger partial charge in [-0.1, -0.05) is 11.6 Å². The summed E-state index contributed by atoms with van der Waals surface area (Å²) in [7, 11) is 0. The van der Waals surface area contributed by atoms with Crippen LogP contribution in [0.25, 0.3) is 10.9 Å². The van der Waals surface area contributed by atoms with Crippen LogP contribution in [0, 0.1) is 0 Å². The predicted molar refractivity (Wildman–Crippen MR) is 112 cm³/mol. The average Bonchev–Trinajstić information content (AvgIpc) is 2.73. The first-order chi connectivity index (χ1) is 14.1. The van der Waals surface area contributed by atoms with Crippen LogP contribution in [0.2, 0.25) is 5.02 Å². The fraction of sp³-hybridized carbons (Fsp3) is 0.333. The van der Waals surface area contributed by atoms with E-state index in [2.05, 4.69) is 9.88 Å². The Morgan fingerprint density at radius 2 is 1.72 bits per heavy atom. The van der Waals surface area contributed by atoms with E-state index in [0.29, 0.717) is 34.0 Å². The molecule has 1 saturated heterocycles. The monoisotopic (exact) mass is 415 g/mol. The molecule has 0 saturated carbocycles. The number of H-pyrrole nitrogens is 1. The molecule has 0 bridgehead atoms. The number of nitrogens with zero attached hydrogens (tertiary/aromatic N) is 2. The lowest BCUT2D eigenvalue weighted by Gasteiger charge is -2.26. The van der Waals surface area contributed by atoms with Crippen LogP contribution in [0.3, 0.4) is 0 Å². The molecule has 0 unspecified atom stereocenters. The molecular formula is C21H22ClN3O4. The molecule has 152 valence electrons. The Labute approximate surface area is 172 Å². The minimum Gasteiger partial charge on any atom is -0.457 e. The highest BCUT2D eigenvalue weighted by atomic mass is 35.5. The normalized spacial score (nSPS) is 14.9. The molecule has 1 N–H and O–H groups in total. The number of halogens is 1. The van der Waals surface area contributed by atoms with E-state index < -0.39 is 5.69 Å². The minimum atomic E-state index is -0.393. The van der Waals surface area contributed by atoms with E-state index in [1.54, 1.807) is 42.5 Å². The molecule has 7 nitrogen and oxygen atoms in total. The van der Waals surface area contributed by atoms with Crippen LogP contribution in [0.15, 0.2) is 52.1 Å². The summed E-state index contributed by atoms with van der Waals surface area (Å²) in [5.41, 5.74) is -0.212. The van der Waals surface area contributed by atoms with Crippen molar-refractivity contribution in [1.29, 1.82) is 0 Å². The van der Waals surface area contributed by atoms with Gasteiger partial charge in [-0.15, -0.1) is 0 Å². The van der Waals surface area contributed by atoms with Crippen molar-refractivity contribution in [3.63, 3.8) is 0 Å². The molecule has 2 aromatic carbocycles. The molecular weight excluding hydrogens is 394 g/mol. The van der Waals surface area contributed by atoms with E-state index in [-0.39, 0.29) is 5.56 Å². The Balaban J connectivity index is 1.54. The molecule has 0 aliphatic carbocycles. The second kappa shape index (κ2) is 8.82. The zero-order chi connectivity index (χ0) is 20.2. The zero-order valence-electron chi connectivity index (χ0n) is 15.9. The molecule has 1 aromatic heterocycles. The summed E-state index contributed by atoms with van der Waals surface area (Å²) >= 11 is 5.89. The Bertz CT molecular complexity index is 1100. The Hall–Kier alpha value is -2.61. The quantitative estimate of drug-likeness (QED) is 0.670. The van der Waals surface area contributed by atoms with Crippen LogP contribution in [-0.4, -0.2) is 47.3 Å². The molecule has 0 spiro atoms. The molecule has 1 aliphatic rings. The summed E-state index contributed by atoms with van der Waals surface area (Å²) in [4.78, 5) is 30.4. The molecule has 0 atom stereocenters. The topological polar surface area (TPSA) is 76.6 Å². The van der Waals surface area contributed by atoms with E-state index in [4.69, 9.17) is 21.1 Å².